The maximum Gasteiger partial charge on any atom is 0.123 e. The first-order valence-corrected chi connectivity index (χ1v) is 5.42. The van der Waals surface area contributed by atoms with E-state index in [1.807, 2.05) is 0 Å². The molecule has 0 fully saturated rings. The zero-order chi connectivity index (χ0) is 10.7. The van der Waals surface area contributed by atoms with Crippen LogP contribution in [0.5, 0.6) is 0 Å². The Morgan fingerprint density at radius 1 is 1.33 bits per heavy atom. The van der Waals surface area contributed by atoms with Crippen LogP contribution in [0.1, 0.15) is 5.69 Å². The average molecular weight is 221 g/mol. The predicted molar refractivity (Wildman–Crippen MR) is 60.9 cm³/mol. The van der Waals surface area contributed by atoms with Gasteiger partial charge in [-0.3, -0.25) is 0 Å². The highest BCUT2D eigenvalue weighted by Crippen LogP contribution is 2.24. The van der Waals surface area contributed by atoms with Gasteiger partial charge in [0.15, 0.2) is 0 Å². The van der Waals surface area contributed by atoms with Gasteiger partial charge in [0.25, 0.3) is 0 Å². The zero-order valence-electron chi connectivity index (χ0n) is 8.03. The highest BCUT2D eigenvalue weighted by molar-refractivity contribution is 7.14. The average Bonchev–Trinajstić information content (AvgIpc) is 2.69. The maximum atomic E-state index is 12.7. The molecule has 2 rings (SSSR count). The lowest BCUT2D eigenvalue weighted by Gasteiger charge is -2.04. The van der Waals surface area contributed by atoms with Crippen LogP contribution in [0.15, 0.2) is 29.8 Å². The van der Waals surface area contributed by atoms with Crippen LogP contribution in [-0.4, -0.2) is 4.98 Å². The fourth-order valence-corrected chi connectivity index (χ4v) is 1.97. The zero-order valence-corrected chi connectivity index (χ0v) is 8.85. The van der Waals surface area contributed by atoms with Crippen LogP contribution in [-0.2, 0) is 6.42 Å². The molecule has 4 heteroatoms. The lowest BCUT2D eigenvalue weighted by Crippen LogP contribution is -1.92. The smallest absolute Gasteiger partial charge is 0.123 e. The standard InChI is InChI=1S/C11H10FN2S/c1-2-10-11(15-7-13-10)14-9-5-3-8(12)4-6-9/h3-7,14H,1-2H2. The van der Waals surface area contributed by atoms with Crippen LogP contribution in [0.3, 0.4) is 0 Å². The van der Waals surface area contributed by atoms with Crippen LogP contribution in [0.4, 0.5) is 15.1 Å². The molecule has 1 heterocycles. The highest BCUT2D eigenvalue weighted by atomic mass is 32.1. The number of benzene rings is 1. The minimum Gasteiger partial charge on any atom is -0.346 e. The molecule has 0 amide bonds. The lowest BCUT2D eigenvalue weighted by molar-refractivity contribution is 0.628. The van der Waals surface area contributed by atoms with Gasteiger partial charge in [-0.15, -0.1) is 11.3 Å². The van der Waals surface area contributed by atoms with E-state index < -0.39 is 0 Å². The van der Waals surface area contributed by atoms with Crippen molar-refractivity contribution in [1.82, 2.24) is 4.98 Å². The first kappa shape index (κ1) is 10.1. The molecular weight excluding hydrogens is 211 g/mol. The molecule has 0 bridgehead atoms. The minimum absolute atomic E-state index is 0.234. The largest absolute Gasteiger partial charge is 0.346 e. The Kier molecular flexibility index (Phi) is 2.97. The third-order valence-corrected chi connectivity index (χ3v) is 2.76. The van der Waals surface area contributed by atoms with Crippen molar-refractivity contribution in [3.8, 4) is 0 Å². The Hall–Kier alpha value is -1.42. The topological polar surface area (TPSA) is 24.9 Å². The summed E-state index contributed by atoms with van der Waals surface area (Å²) in [6.45, 7) is 3.79. The minimum atomic E-state index is -0.234. The van der Waals surface area contributed by atoms with Crippen LogP contribution in [0, 0.1) is 12.7 Å². The van der Waals surface area contributed by atoms with Crippen molar-refractivity contribution >= 4 is 22.0 Å². The number of hydrogen-bond donors (Lipinski definition) is 1. The number of aromatic nitrogens is 1. The molecule has 0 aliphatic rings. The molecule has 0 aliphatic heterocycles. The molecular formula is C11H10FN2S. The molecule has 15 heavy (non-hydrogen) atoms. The highest BCUT2D eigenvalue weighted by Gasteiger charge is 2.03. The Morgan fingerprint density at radius 3 is 2.73 bits per heavy atom. The summed E-state index contributed by atoms with van der Waals surface area (Å²) < 4.78 is 12.7. The summed E-state index contributed by atoms with van der Waals surface area (Å²) >= 11 is 1.52. The van der Waals surface area contributed by atoms with E-state index in [4.69, 9.17) is 0 Å². The van der Waals surface area contributed by atoms with Crippen LogP contribution < -0.4 is 5.32 Å². The van der Waals surface area contributed by atoms with Crippen molar-refractivity contribution in [2.45, 2.75) is 6.42 Å². The summed E-state index contributed by atoms with van der Waals surface area (Å²) in [6, 6.07) is 6.24. The fraction of sp³-hybridized carbons (Fsp3) is 0.0909. The van der Waals surface area contributed by atoms with Gasteiger partial charge in [0, 0.05) is 5.69 Å². The number of nitrogens with one attached hydrogen (secondary N) is 1. The molecule has 1 radical (unpaired) electrons. The third kappa shape index (κ3) is 2.33. The van der Waals surface area contributed by atoms with E-state index >= 15 is 0 Å². The number of hydrogen-bond acceptors (Lipinski definition) is 3. The summed E-state index contributed by atoms with van der Waals surface area (Å²) in [5.41, 5.74) is 3.56. The molecule has 1 aromatic carbocycles. The molecule has 2 aromatic rings. The van der Waals surface area contributed by atoms with Crippen LogP contribution in [0.25, 0.3) is 0 Å². The van der Waals surface area contributed by atoms with Crippen molar-refractivity contribution < 1.29 is 4.39 Å². The lowest BCUT2D eigenvalue weighted by atomic mass is 10.3. The maximum absolute atomic E-state index is 12.7. The van der Waals surface area contributed by atoms with E-state index in [9.17, 15) is 4.39 Å². The van der Waals surface area contributed by atoms with Gasteiger partial charge in [-0.1, -0.05) is 0 Å². The van der Waals surface area contributed by atoms with Crippen molar-refractivity contribution in [2.24, 2.45) is 0 Å². The van der Waals surface area contributed by atoms with Gasteiger partial charge < -0.3 is 5.32 Å². The van der Waals surface area contributed by atoms with E-state index in [1.165, 1.54) is 23.5 Å². The normalized spacial score (nSPS) is 10.3. The van der Waals surface area contributed by atoms with E-state index in [1.54, 1.807) is 17.6 Å². The molecule has 0 saturated heterocycles. The second-order valence-electron chi connectivity index (χ2n) is 3.01. The second-order valence-corrected chi connectivity index (χ2v) is 3.86. The van der Waals surface area contributed by atoms with Crippen molar-refractivity contribution in [3.05, 3.63) is 48.2 Å². The second kappa shape index (κ2) is 4.40. The molecule has 1 aromatic heterocycles. The predicted octanol–water partition coefficient (Wildman–Crippen LogP) is 3.40. The van der Waals surface area contributed by atoms with E-state index in [0.29, 0.717) is 6.42 Å². The summed E-state index contributed by atoms with van der Waals surface area (Å²) in [4.78, 5) is 4.17. The number of halogens is 1. The van der Waals surface area contributed by atoms with Gasteiger partial charge in [0.05, 0.1) is 11.2 Å². The number of thiazole rings is 1. The third-order valence-electron chi connectivity index (χ3n) is 1.98. The number of anilines is 2. The van der Waals surface area contributed by atoms with E-state index in [2.05, 4.69) is 17.2 Å². The summed E-state index contributed by atoms with van der Waals surface area (Å²) in [6.07, 6.45) is 0.646. The number of rotatable bonds is 3. The van der Waals surface area contributed by atoms with Crippen molar-refractivity contribution in [2.75, 3.05) is 5.32 Å². The molecule has 0 saturated carbocycles. The molecule has 77 valence electrons. The SMILES string of the molecule is [CH2]Cc1ncsc1Nc1ccc(F)cc1. The Morgan fingerprint density at radius 2 is 2.07 bits per heavy atom. The summed E-state index contributed by atoms with van der Waals surface area (Å²) in [5.74, 6) is -0.234. The van der Waals surface area contributed by atoms with Gasteiger partial charge in [-0.2, -0.15) is 0 Å². The molecule has 1 N–H and O–H groups in total. The monoisotopic (exact) mass is 221 g/mol. The van der Waals surface area contributed by atoms with E-state index in [0.717, 1.165) is 16.4 Å². The molecule has 2 nitrogen and oxygen atoms in total. The van der Waals surface area contributed by atoms with Gasteiger partial charge in [0.1, 0.15) is 10.8 Å². The van der Waals surface area contributed by atoms with Crippen LogP contribution >= 0.6 is 11.3 Å². The Bertz CT molecular complexity index is 436. The van der Waals surface area contributed by atoms with Crippen molar-refractivity contribution in [1.29, 1.82) is 0 Å². The first-order chi connectivity index (χ1) is 7.29. The van der Waals surface area contributed by atoms with Crippen LogP contribution in [0.2, 0.25) is 0 Å². The van der Waals surface area contributed by atoms with Gasteiger partial charge in [-0.05, 0) is 37.6 Å². The molecule has 0 spiro atoms. The number of nitrogens with zero attached hydrogens (tertiary/aromatic N) is 1. The summed E-state index contributed by atoms with van der Waals surface area (Å²) in [7, 11) is 0. The quantitative estimate of drug-likeness (QED) is 0.859. The van der Waals surface area contributed by atoms with E-state index in [-0.39, 0.29) is 5.82 Å². The Balaban J connectivity index is 2.18. The molecule has 0 unspecified atom stereocenters. The Labute approximate surface area is 91.8 Å². The molecule has 0 aliphatic carbocycles. The first-order valence-electron chi connectivity index (χ1n) is 4.54. The molecule has 0 atom stereocenters. The van der Waals surface area contributed by atoms with Gasteiger partial charge >= 0.3 is 0 Å². The van der Waals surface area contributed by atoms with Crippen molar-refractivity contribution in [3.63, 3.8) is 0 Å². The van der Waals surface area contributed by atoms with Gasteiger partial charge in [0.2, 0.25) is 0 Å². The fourth-order valence-electron chi connectivity index (χ4n) is 1.21. The summed E-state index contributed by atoms with van der Waals surface area (Å²) in [5, 5.41) is 4.15. The van der Waals surface area contributed by atoms with Gasteiger partial charge in [-0.25, -0.2) is 9.37 Å².